The van der Waals surface area contributed by atoms with Crippen LogP contribution in [0, 0.1) is 0 Å². The lowest BCUT2D eigenvalue weighted by molar-refractivity contribution is -0.143. The lowest BCUT2D eigenvalue weighted by atomic mass is 10.2. The van der Waals surface area contributed by atoms with E-state index in [1.165, 1.54) is 0 Å². The molecule has 0 aliphatic carbocycles. The van der Waals surface area contributed by atoms with Crippen molar-refractivity contribution in [3.05, 3.63) is 35.9 Å². The number of carboxylic acids is 2. The lowest BCUT2D eigenvalue weighted by Gasteiger charge is -1.97. The van der Waals surface area contributed by atoms with E-state index in [1.54, 1.807) is 6.21 Å². The van der Waals surface area contributed by atoms with Gasteiger partial charge in [-0.3, -0.25) is 9.59 Å². The molecule has 19 heavy (non-hydrogen) atoms. The second-order valence-electron chi connectivity index (χ2n) is 3.41. The summed E-state index contributed by atoms with van der Waals surface area (Å²) in [4.78, 5) is 24.2. The van der Waals surface area contributed by atoms with Crippen LogP contribution >= 0.6 is 0 Å². The van der Waals surface area contributed by atoms with Crippen LogP contribution in [0.3, 0.4) is 0 Å². The highest BCUT2D eigenvalue weighted by molar-refractivity contribution is 5.75. The molecular formula is C13H17NO5. The predicted molar refractivity (Wildman–Crippen MR) is 69.9 cm³/mol. The molecule has 104 valence electrons. The van der Waals surface area contributed by atoms with Crippen molar-refractivity contribution in [3.8, 4) is 0 Å². The van der Waals surface area contributed by atoms with Gasteiger partial charge in [-0.1, -0.05) is 35.5 Å². The van der Waals surface area contributed by atoms with Gasteiger partial charge in [-0.05, 0) is 12.5 Å². The summed E-state index contributed by atoms with van der Waals surface area (Å²) in [6.07, 6.45) is 1.04. The molecule has 0 fully saturated rings. The Morgan fingerprint density at radius 2 is 1.68 bits per heavy atom. The fourth-order valence-electron chi connectivity index (χ4n) is 0.974. The smallest absolute Gasteiger partial charge is 0.303 e. The molecular weight excluding hydrogens is 250 g/mol. The molecule has 0 aliphatic rings. The molecule has 0 saturated heterocycles. The molecule has 0 atom stereocenters. The van der Waals surface area contributed by atoms with Crippen molar-refractivity contribution < 1.29 is 24.6 Å². The van der Waals surface area contributed by atoms with E-state index in [2.05, 4.69) is 5.16 Å². The van der Waals surface area contributed by atoms with Crippen LogP contribution in [0.1, 0.15) is 25.3 Å². The van der Waals surface area contributed by atoms with Gasteiger partial charge in [0.2, 0.25) is 0 Å². The number of oxime groups is 1. The summed E-state index contributed by atoms with van der Waals surface area (Å²) < 4.78 is 0. The van der Waals surface area contributed by atoms with Crippen LogP contribution in [0.5, 0.6) is 0 Å². The molecule has 0 aromatic heterocycles. The molecule has 0 radical (unpaired) electrons. The molecule has 0 amide bonds. The van der Waals surface area contributed by atoms with Gasteiger partial charge < -0.3 is 15.1 Å². The Morgan fingerprint density at radius 3 is 2.11 bits per heavy atom. The van der Waals surface area contributed by atoms with Gasteiger partial charge in [0.1, 0.15) is 6.61 Å². The van der Waals surface area contributed by atoms with E-state index >= 15 is 0 Å². The lowest BCUT2D eigenvalue weighted by Crippen LogP contribution is -2.00. The zero-order valence-electron chi connectivity index (χ0n) is 10.7. The third-order valence-electron chi connectivity index (χ3n) is 1.81. The normalized spacial score (nSPS) is 9.53. The SMILES string of the molecule is CC=NOCc1ccccc1.O=C(O)CCC(=O)O. The molecule has 0 unspecified atom stereocenters. The summed E-state index contributed by atoms with van der Waals surface area (Å²) in [6.45, 7) is 2.37. The molecule has 0 spiro atoms. The summed E-state index contributed by atoms with van der Waals surface area (Å²) in [7, 11) is 0. The number of hydrogen-bond acceptors (Lipinski definition) is 4. The molecule has 1 rings (SSSR count). The average molecular weight is 267 g/mol. The number of aliphatic carboxylic acids is 2. The van der Waals surface area contributed by atoms with Gasteiger partial charge in [0.05, 0.1) is 12.8 Å². The molecule has 0 aliphatic heterocycles. The van der Waals surface area contributed by atoms with Crippen LogP contribution in [0.15, 0.2) is 35.5 Å². The fourth-order valence-corrected chi connectivity index (χ4v) is 0.974. The van der Waals surface area contributed by atoms with Crippen molar-refractivity contribution in [2.45, 2.75) is 26.4 Å². The number of rotatable bonds is 6. The molecule has 0 heterocycles. The highest BCUT2D eigenvalue weighted by Crippen LogP contribution is 1.99. The minimum absolute atomic E-state index is 0.296. The Labute approximate surface area is 111 Å². The molecule has 6 heteroatoms. The Balaban J connectivity index is 0.000000362. The van der Waals surface area contributed by atoms with Gasteiger partial charge in [-0.15, -0.1) is 0 Å². The van der Waals surface area contributed by atoms with Gasteiger partial charge in [0, 0.05) is 6.21 Å². The quantitative estimate of drug-likeness (QED) is 0.608. The maximum Gasteiger partial charge on any atom is 0.303 e. The molecule has 6 nitrogen and oxygen atoms in total. The van der Waals surface area contributed by atoms with Crippen LogP contribution in [0.25, 0.3) is 0 Å². The molecule has 0 saturated carbocycles. The first-order valence-electron chi connectivity index (χ1n) is 5.63. The first-order chi connectivity index (χ1) is 9.06. The molecule has 1 aromatic carbocycles. The Hall–Kier alpha value is -2.37. The number of nitrogens with zero attached hydrogens (tertiary/aromatic N) is 1. The summed E-state index contributed by atoms with van der Waals surface area (Å²) in [5.41, 5.74) is 1.14. The Bertz CT molecular complexity index is 389. The highest BCUT2D eigenvalue weighted by Gasteiger charge is 2.00. The van der Waals surface area contributed by atoms with Gasteiger partial charge >= 0.3 is 11.9 Å². The van der Waals surface area contributed by atoms with Crippen molar-refractivity contribution in [1.82, 2.24) is 0 Å². The highest BCUT2D eigenvalue weighted by atomic mass is 16.6. The van der Waals surface area contributed by atoms with Gasteiger partial charge in [0.15, 0.2) is 0 Å². The minimum Gasteiger partial charge on any atom is -0.481 e. The number of benzene rings is 1. The van der Waals surface area contributed by atoms with Crippen molar-refractivity contribution in [1.29, 1.82) is 0 Å². The average Bonchev–Trinajstić information content (AvgIpc) is 2.39. The van der Waals surface area contributed by atoms with Gasteiger partial charge in [-0.2, -0.15) is 0 Å². The van der Waals surface area contributed by atoms with Crippen molar-refractivity contribution in [2.75, 3.05) is 0 Å². The summed E-state index contributed by atoms with van der Waals surface area (Å²) in [5, 5.41) is 19.4. The second-order valence-corrected chi connectivity index (χ2v) is 3.41. The van der Waals surface area contributed by atoms with Crippen LogP contribution < -0.4 is 0 Å². The van der Waals surface area contributed by atoms with Crippen LogP contribution in [0.2, 0.25) is 0 Å². The second kappa shape index (κ2) is 10.8. The molecule has 1 aromatic rings. The topological polar surface area (TPSA) is 96.2 Å². The van der Waals surface area contributed by atoms with E-state index in [-0.39, 0.29) is 12.8 Å². The predicted octanol–water partition coefficient (Wildman–Crippen LogP) is 2.14. The summed E-state index contributed by atoms with van der Waals surface area (Å²) in [5.74, 6) is -2.15. The summed E-state index contributed by atoms with van der Waals surface area (Å²) in [6, 6.07) is 9.95. The minimum atomic E-state index is -1.08. The van der Waals surface area contributed by atoms with E-state index in [4.69, 9.17) is 15.1 Å². The molecule has 0 bridgehead atoms. The van der Waals surface area contributed by atoms with E-state index in [1.807, 2.05) is 37.3 Å². The van der Waals surface area contributed by atoms with Crippen molar-refractivity contribution >= 4 is 18.2 Å². The first-order valence-corrected chi connectivity index (χ1v) is 5.63. The number of hydrogen-bond donors (Lipinski definition) is 2. The zero-order valence-corrected chi connectivity index (χ0v) is 10.7. The monoisotopic (exact) mass is 267 g/mol. The van der Waals surface area contributed by atoms with E-state index in [0.29, 0.717) is 6.61 Å². The van der Waals surface area contributed by atoms with Crippen molar-refractivity contribution in [3.63, 3.8) is 0 Å². The maximum absolute atomic E-state index is 9.64. The Morgan fingerprint density at radius 1 is 1.16 bits per heavy atom. The van der Waals surface area contributed by atoms with Gasteiger partial charge in [-0.25, -0.2) is 0 Å². The third kappa shape index (κ3) is 11.9. The van der Waals surface area contributed by atoms with Gasteiger partial charge in [0.25, 0.3) is 0 Å². The number of carboxylic acid groups (broad SMARTS) is 2. The zero-order chi connectivity index (χ0) is 14.5. The molecule has 2 N–H and O–H groups in total. The van der Waals surface area contributed by atoms with E-state index in [0.717, 1.165) is 5.56 Å². The van der Waals surface area contributed by atoms with Crippen LogP contribution in [0.4, 0.5) is 0 Å². The van der Waals surface area contributed by atoms with Crippen LogP contribution in [-0.4, -0.2) is 28.4 Å². The van der Waals surface area contributed by atoms with E-state index in [9.17, 15) is 9.59 Å². The maximum atomic E-state index is 9.64. The third-order valence-corrected chi connectivity index (χ3v) is 1.81. The standard InChI is InChI=1S/C9H11NO.C4H6O4/c1-2-10-11-8-9-6-4-3-5-7-9;5-3(6)1-2-4(7)8/h2-7H,8H2,1H3;1-2H2,(H,5,6)(H,7,8). The van der Waals surface area contributed by atoms with E-state index < -0.39 is 11.9 Å². The summed E-state index contributed by atoms with van der Waals surface area (Å²) >= 11 is 0. The first kappa shape index (κ1) is 16.6. The fraction of sp³-hybridized carbons (Fsp3) is 0.308. The van der Waals surface area contributed by atoms with Crippen LogP contribution in [-0.2, 0) is 21.0 Å². The largest absolute Gasteiger partial charge is 0.481 e. The number of carbonyl (C=O) groups is 2. The van der Waals surface area contributed by atoms with Crippen molar-refractivity contribution in [2.24, 2.45) is 5.16 Å². The Kier molecular flexibility index (Phi) is 9.42.